The van der Waals surface area contributed by atoms with Crippen LogP contribution in [-0.4, -0.2) is 5.78 Å². The maximum atomic E-state index is 13.6. The van der Waals surface area contributed by atoms with E-state index in [0.29, 0.717) is 4.47 Å². The molecular formula is C14H9BrF2O. The molecular weight excluding hydrogens is 302 g/mol. The zero-order valence-electron chi connectivity index (χ0n) is 9.51. The van der Waals surface area contributed by atoms with Crippen LogP contribution in [0.4, 0.5) is 8.78 Å². The van der Waals surface area contributed by atoms with Crippen LogP contribution in [0.3, 0.4) is 0 Å². The molecule has 18 heavy (non-hydrogen) atoms. The maximum Gasteiger partial charge on any atom is 0.200 e. The monoisotopic (exact) mass is 310 g/mol. The first-order valence-electron chi connectivity index (χ1n) is 5.25. The van der Waals surface area contributed by atoms with Crippen LogP contribution in [0.1, 0.15) is 21.5 Å². The Morgan fingerprint density at radius 2 is 1.83 bits per heavy atom. The Morgan fingerprint density at radius 1 is 1.11 bits per heavy atom. The van der Waals surface area contributed by atoms with Crippen LogP contribution in [0.25, 0.3) is 0 Å². The summed E-state index contributed by atoms with van der Waals surface area (Å²) >= 11 is 3.10. The van der Waals surface area contributed by atoms with Crippen LogP contribution in [0.2, 0.25) is 0 Å². The van der Waals surface area contributed by atoms with Crippen molar-refractivity contribution >= 4 is 21.7 Å². The molecule has 0 unspecified atom stereocenters. The Bertz CT molecular complexity index is 603. The van der Waals surface area contributed by atoms with E-state index in [1.807, 2.05) is 0 Å². The van der Waals surface area contributed by atoms with Crippen molar-refractivity contribution < 1.29 is 13.6 Å². The second kappa shape index (κ2) is 4.98. The summed E-state index contributed by atoms with van der Waals surface area (Å²) in [6, 6.07) is 8.37. The summed E-state index contributed by atoms with van der Waals surface area (Å²) in [5.74, 6) is -1.99. The number of ketones is 1. The molecule has 4 heteroatoms. The zero-order valence-corrected chi connectivity index (χ0v) is 11.1. The summed E-state index contributed by atoms with van der Waals surface area (Å²) in [6.07, 6.45) is 0. The molecule has 0 aliphatic carbocycles. The second-order valence-electron chi connectivity index (χ2n) is 3.91. The number of benzene rings is 2. The van der Waals surface area contributed by atoms with E-state index in [2.05, 4.69) is 15.9 Å². The van der Waals surface area contributed by atoms with E-state index in [9.17, 15) is 13.6 Å². The topological polar surface area (TPSA) is 17.1 Å². The van der Waals surface area contributed by atoms with Gasteiger partial charge in [-0.15, -0.1) is 0 Å². The second-order valence-corrected chi connectivity index (χ2v) is 4.76. The summed E-state index contributed by atoms with van der Waals surface area (Å²) in [4.78, 5) is 12.2. The van der Waals surface area contributed by atoms with E-state index in [4.69, 9.17) is 0 Å². The van der Waals surface area contributed by atoms with Gasteiger partial charge in [0.1, 0.15) is 11.6 Å². The van der Waals surface area contributed by atoms with Crippen LogP contribution in [0.5, 0.6) is 0 Å². The molecule has 0 fully saturated rings. The molecule has 0 bridgehead atoms. The van der Waals surface area contributed by atoms with Crippen LogP contribution in [0.15, 0.2) is 40.9 Å². The van der Waals surface area contributed by atoms with E-state index in [1.54, 1.807) is 19.1 Å². The summed E-state index contributed by atoms with van der Waals surface area (Å²) < 4.78 is 27.6. The van der Waals surface area contributed by atoms with Gasteiger partial charge in [-0.25, -0.2) is 8.78 Å². The lowest BCUT2D eigenvalue weighted by Gasteiger charge is -2.07. The number of carbonyl (C=O) groups excluding carboxylic acids is 1. The Kier molecular flexibility index (Phi) is 3.57. The van der Waals surface area contributed by atoms with E-state index in [-0.39, 0.29) is 11.1 Å². The normalized spacial score (nSPS) is 10.4. The maximum absolute atomic E-state index is 13.6. The van der Waals surface area contributed by atoms with Gasteiger partial charge in [0.15, 0.2) is 5.78 Å². The smallest absolute Gasteiger partial charge is 0.200 e. The zero-order chi connectivity index (χ0) is 13.3. The van der Waals surface area contributed by atoms with E-state index in [1.165, 1.54) is 24.3 Å². The first-order valence-corrected chi connectivity index (χ1v) is 6.05. The molecule has 0 amide bonds. The van der Waals surface area contributed by atoms with Gasteiger partial charge in [-0.1, -0.05) is 17.7 Å². The van der Waals surface area contributed by atoms with Gasteiger partial charge in [-0.3, -0.25) is 4.79 Å². The van der Waals surface area contributed by atoms with Crippen molar-refractivity contribution in [1.29, 1.82) is 0 Å². The van der Waals surface area contributed by atoms with Crippen LogP contribution < -0.4 is 0 Å². The van der Waals surface area contributed by atoms with Gasteiger partial charge in [0.2, 0.25) is 0 Å². The van der Waals surface area contributed by atoms with Crippen molar-refractivity contribution in [2.45, 2.75) is 6.92 Å². The highest BCUT2D eigenvalue weighted by Crippen LogP contribution is 2.24. The van der Waals surface area contributed by atoms with Crippen molar-refractivity contribution in [3.05, 3.63) is 69.2 Å². The standard InChI is InChI=1S/C14H9BrF2O/c1-8-5-6-11(16)9(7-8)14(18)13-10(15)3-2-4-12(13)17/h2-7H,1H3. The minimum absolute atomic E-state index is 0.124. The van der Waals surface area contributed by atoms with Gasteiger partial charge in [0.25, 0.3) is 0 Å². The highest BCUT2D eigenvalue weighted by atomic mass is 79.9. The quantitative estimate of drug-likeness (QED) is 0.757. The Labute approximate surface area is 112 Å². The van der Waals surface area contributed by atoms with Gasteiger partial charge in [-0.05, 0) is 47.1 Å². The summed E-state index contributed by atoms with van der Waals surface area (Å²) in [5.41, 5.74) is 0.468. The Morgan fingerprint density at radius 3 is 2.50 bits per heavy atom. The third-order valence-electron chi connectivity index (χ3n) is 2.56. The van der Waals surface area contributed by atoms with Gasteiger partial charge in [0, 0.05) is 4.47 Å². The fourth-order valence-corrected chi connectivity index (χ4v) is 2.18. The van der Waals surface area contributed by atoms with Crippen molar-refractivity contribution in [3.8, 4) is 0 Å². The lowest BCUT2D eigenvalue weighted by atomic mass is 10.0. The molecule has 0 aliphatic rings. The van der Waals surface area contributed by atoms with Crippen molar-refractivity contribution in [2.75, 3.05) is 0 Å². The van der Waals surface area contributed by atoms with E-state index < -0.39 is 17.4 Å². The highest BCUT2D eigenvalue weighted by Gasteiger charge is 2.20. The fraction of sp³-hybridized carbons (Fsp3) is 0.0714. The van der Waals surface area contributed by atoms with Gasteiger partial charge >= 0.3 is 0 Å². The number of rotatable bonds is 2. The highest BCUT2D eigenvalue weighted by molar-refractivity contribution is 9.10. The first kappa shape index (κ1) is 12.9. The molecule has 0 radical (unpaired) electrons. The molecule has 0 saturated heterocycles. The minimum Gasteiger partial charge on any atom is -0.288 e. The lowest BCUT2D eigenvalue weighted by Crippen LogP contribution is -2.08. The van der Waals surface area contributed by atoms with Gasteiger partial charge in [0.05, 0.1) is 11.1 Å². The first-order chi connectivity index (χ1) is 8.50. The third-order valence-corrected chi connectivity index (χ3v) is 3.22. The largest absolute Gasteiger partial charge is 0.288 e. The van der Waals surface area contributed by atoms with Crippen LogP contribution in [0, 0.1) is 18.6 Å². The van der Waals surface area contributed by atoms with E-state index >= 15 is 0 Å². The molecule has 0 heterocycles. The number of hydrogen-bond acceptors (Lipinski definition) is 1. The fourth-order valence-electron chi connectivity index (χ4n) is 1.66. The average Bonchev–Trinajstić information content (AvgIpc) is 2.32. The number of hydrogen-bond donors (Lipinski definition) is 0. The molecule has 0 spiro atoms. The number of carbonyl (C=O) groups is 1. The minimum atomic E-state index is -0.671. The molecule has 0 saturated carbocycles. The number of halogens is 3. The van der Waals surface area contributed by atoms with Gasteiger partial charge < -0.3 is 0 Å². The molecule has 0 aliphatic heterocycles. The molecule has 2 aromatic rings. The molecule has 0 aromatic heterocycles. The Balaban J connectivity index is 2.58. The predicted octanol–water partition coefficient (Wildman–Crippen LogP) is 4.27. The summed E-state index contributed by atoms with van der Waals surface area (Å²) in [6.45, 7) is 1.74. The van der Waals surface area contributed by atoms with Gasteiger partial charge in [-0.2, -0.15) is 0 Å². The third kappa shape index (κ3) is 2.34. The van der Waals surface area contributed by atoms with Crippen molar-refractivity contribution in [1.82, 2.24) is 0 Å². The summed E-state index contributed by atoms with van der Waals surface area (Å²) in [5, 5.41) is 0. The van der Waals surface area contributed by atoms with Crippen molar-refractivity contribution in [2.24, 2.45) is 0 Å². The van der Waals surface area contributed by atoms with E-state index in [0.717, 1.165) is 5.56 Å². The van der Waals surface area contributed by atoms with Crippen LogP contribution >= 0.6 is 15.9 Å². The predicted molar refractivity (Wildman–Crippen MR) is 68.7 cm³/mol. The number of aryl methyl sites for hydroxylation is 1. The molecule has 2 rings (SSSR count). The molecule has 2 aromatic carbocycles. The molecule has 0 N–H and O–H groups in total. The van der Waals surface area contributed by atoms with Crippen molar-refractivity contribution in [3.63, 3.8) is 0 Å². The lowest BCUT2D eigenvalue weighted by molar-refractivity contribution is 0.103. The SMILES string of the molecule is Cc1ccc(F)c(C(=O)c2c(F)cccc2Br)c1. The summed E-state index contributed by atoms with van der Waals surface area (Å²) in [7, 11) is 0. The Hall–Kier alpha value is -1.55. The molecule has 92 valence electrons. The molecule has 0 atom stereocenters. The molecule has 1 nitrogen and oxygen atoms in total. The van der Waals surface area contributed by atoms with Crippen LogP contribution in [-0.2, 0) is 0 Å². The average molecular weight is 311 g/mol.